The zero-order valence-electron chi connectivity index (χ0n) is 10.9. The van der Waals surface area contributed by atoms with Gasteiger partial charge in [0.2, 0.25) is 0 Å². The Morgan fingerprint density at radius 1 is 1.40 bits per heavy atom. The number of hydrogen-bond donors (Lipinski definition) is 1. The van der Waals surface area contributed by atoms with Crippen molar-refractivity contribution in [2.24, 2.45) is 0 Å². The Morgan fingerprint density at radius 2 is 2.30 bits per heavy atom. The maximum absolute atomic E-state index is 13.8. The van der Waals surface area contributed by atoms with Crippen molar-refractivity contribution in [2.75, 3.05) is 25.6 Å². The first-order valence-corrected chi connectivity index (χ1v) is 7.65. The number of ether oxygens (including phenoxy) is 2. The van der Waals surface area contributed by atoms with Crippen LogP contribution in [-0.4, -0.2) is 37.6 Å². The molecule has 2 unspecified atom stereocenters. The summed E-state index contributed by atoms with van der Waals surface area (Å²) >= 11 is 1.50. The van der Waals surface area contributed by atoms with Crippen LogP contribution in [0.2, 0.25) is 0 Å². The number of rotatable bonds is 2. The molecule has 0 bridgehead atoms. The van der Waals surface area contributed by atoms with Crippen LogP contribution in [0.3, 0.4) is 0 Å². The SMILES string of the molecule is O=C(NC1CCSc2c(F)cccc21)C1COCCO1. The summed E-state index contributed by atoms with van der Waals surface area (Å²) in [5.74, 6) is 0.390. The summed E-state index contributed by atoms with van der Waals surface area (Å²) in [6, 6.07) is 4.85. The van der Waals surface area contributed by atoms with Gasteiger partial charge < -0.3 is 14.8 Å². The van der Waals surface area contributed by atoms with Gasteiger partial charge in [0, 0.05) is 10.6 Å². The quantitative estimate of drug-likeness (QED) is 0.905. The van der Waals surface area contributed by atoms with Gasteiger partial charge in [-0.3, -0.25) is 4.79 Å². The molecule has 1 N–H and O–H groups in total. The number of fused-ring (bicyclic) bond motifs is 1. The van der Waals surface area contributed by atoms with Gasteiger partial charge in [0.15, 0.2) is 6.10 Å². The Hall–Kier alpha value is -1.11. The Bertz CT molecular complexity index is 505. The summed E-state index contributed by atoms with van der Waals surface area (Å²) in [7, 11) is 0. The number of nitrogens with one attached hydrogen (secondary N) is 1. The Kier molecular flexibility index (Phi) is 4.24. The number of carbonyl (C=O) groups excluding carboxylic acids is 1. The van der Waals surface area contributed by atoms with Crippen LogP contribution in [0, 0.1) is 5.82 Å². The van der Waals surface area contributed by atoms with Gasteiger partial charge in [0.05, 0.1) is 25.9 Å². The summed E-state index contributed by atoms with van der Waals surface area (Å²) < 4.78 is 24.4. The molecule has 2 heterocycles. The second-order valence-corrected chi connectivity index (χ2v) is 5.90. The fourth-order valence-electron chi connectivity index (χ4n) is 2.44. The van der Waals surface area contributed by atoms with Crippen LogP contribution in [0.4, 0.5) is 4.39 Å². The lowest BCUT2D eigenvalue weighted by Gasteiger charge is -2.29. The first-order valence-electron chi connectivity index (χ1n) is 6.66. The molecule has 6 heteroatoms. The molecule has 0 radical (unpaired) electrons. The second kappa shape index (κ2) is 6.11. The van der Waals surface area contributed by atoms with Crippen LogP contribution in [0.25, 0.3) is 0 Å². The van der Waals surface area contributed by atoms with Crippen molar-refractivity contribution in [1.82, 2.24) is 5.32 Å². The van der Waals surface area contributed by atoms with Gasteiger partial charge in [-0.25, -0.2) is 4.39 Å². The van der Waals surface area contributed by atoms with Gasteiger partial charge >= 0.3 is 0 Å². The van der Waals surface area contributed by atoms with E-state index in [4.69, 9.17) is 9.47 Å². The normalized spacial score (nSPS) is 25.9. The molecule has 0 aromatic heterocycles. The summed E-state index contributed by atoms with van der Waals surface area (Å²) in [5.41, 5.74) is 0.853. The van der Waals surface area contributed by atoms with Gasteiger partial charge in [-0.15, -0.1) is 11.8 Å². The molecular weight excluding hydrogens is 281 g/mol. The Labute approximate surface area is 121 Å². The molecule has 20 heavy (non-hydrogen) atoms. The number of thioether (sulfide) groups is 1. The van der Waals surface area contributed by atoms with E-state index in [-0.39, 0.29) is 24.4 Å². The predicted octanol–water partition coefficient (Wildman–Crippen LogP) is 1.89. The lowest BCUT2D eigenvalue weighted by Crippen LogP contribution is -2.44. The fourth-order valence-corrected chi connectivity index (χ4v) is 3.58. The predicted molar refractivity (Wildman–Crippen MR) is 73.2 cm³/mol. The van der Waals surface area contributed by atoms with Crippen LogP contribution >= 0.6 is 11.8 Å². The molecule has 1 saturated heterocycles. The van der Waals surface area contributed by atoms with E-state index in [1.165, 1.54) is 17.8 Å². The fraction of sp³-hybridized carbons (Fsp3) is 0.500. The number of benzene rings is 1. The second-order valence-electron chi connectivity index (χ2n) is 4.79. The van der Waals surface area contributed by atoms with Crippen LogP contribution < -0.4 is 5.32 Å². The van der Waals surface area contributed by atoms with Crippen molar-refractivity contribution in [3.05, 3.63) is 29.6 Å². The van der Waals surface area contributed by atoms with E-state index in [2.05, 4.69) is 5.32 Å². The highest BCUT2D eigenvalue weighted by Gasteiger charge is 2.28. The van der Waals surface area contributed by atoms with Gasteiger partial charge in [-0.1, -0.05) is 12.1 Å². The third kappa shape index (κ3) is 2.82. The molecule has 0 saturated carbocycles. The molecule has 1 aromatic carbocycles. The topological polar surface area (TPSA) is 47.6 Å². The molecule has 108 valence electrons. The molecule has 3 rings (SSSR count). The Balaban J connectivity index is 1.73. The summed E-state index contributed by atoms with van der Waals surface area (Å²) in [4.78, 5) is 12.8. The first kappa shape index (κ1) is 13.9. The van der Waals surface area contributed by atoms with Gasteiger partial charge in [-0.05, 0) is 18.1 Å². The van der Waals surface area contributed by atoms with Crippen LogP contribution in [-0.2, 0) is 14.3 Å². The largest absolute Gasteiger partial charge is 0.376 e. The van der Waals surface area contributed by atoms with Crippen molar-refractivity contribution >= 4 is 17.7 Å². The molecule has 0 aliphatic carbocycles. The van der Waals surface area contributed by atoms with E-state index in [1.54, 1.807) is 6.07 Å². The minimum absolute atomic E-state index is 0.153. The van der Waals surface area contributed by atoms with Crippen molar-refractivity contribution in [1.29, 1.82) is 0 Å². The van der Waals surface area contributed by atoms with E-state index in [0.717, 1.165) is 17.7 Å². The molecule has 1 aromatic rings. The van der Waals surface area contributed by atoms with Crippen LogP contribution in [0.5, 0.6) is 0 Å². The van der Waals surface area contributed by atoms with Gasteiger partial charge in [0.25, 0.3) is 5.91 Å². The number of halogens is 1. The van der Waals surface area contributed by atoms with Crippen molar-refractivity contribution in [2.45, 2.75) is 23.5 Å². The van der Waals surface area contributed by atoms with Crippen molar-refractivity contribution in [3.63, 3.8) is 0 Å². The van der Waals surface area contributed by atoms with Crippen molar-refractivity contribution in [3.8, 4) is 0 Å². The lowest BCUT2D eigenvalue weighted by atomic mass is 10.0. The first-order chi connectivity index (χ1) is 9.75. The molecule has 2 aliphatic rings. The summed E-state index contributed by atoms with van der Waals surface area (Å²) in [6.45, 7) is 1.24. The highest BCUT2D eigenvalue weighted by molar-refractivity contribution is 7.99. The van der Waals surface area contributed by atoms with Gasteiger partial charge in [-0.2, -0.15) is 0 Å². The number of carbonyl (C=O) groups is 1. The zero-order chi connectivity index (χ0) is 13.9. The number of hydrogen-bond acceptors (Lipinski definition) is 4. The smallest absolute Gasteiger partial charge is 0.252 e. The van der Waals surface area contributed by atoms with E-state index >= 15 is 0 Å². The van der Waals surface area contributed by atoms with E-state index in [0.29, 0.717) is 18.1 Å². The molecule has 0 spiro atoms. The van der Waals surface area contributed by atoms with E-state index < -0.39 is 6.10 Å². The molecule has 2 aliphatic heterocycles. The van der Waals surface area contributed by atoms with Crippen molar-refractivity contribution < 1.29 is 18.7 Å². The third-order valence-corrected chi connectivity index (χ3v) is 4.61. The standard InChI is InChI=1S/C14H16FNO3S/c15-10-3-1-2-9-11(4-7-20-13(9)10)16-14(17)12-8-18-5-6-19-12/h1-3,11-12H,4-8H2,(H,16,17). The Morgan fingerprint density at radius 3 is 3.10 bits per heavy atom. The number of amides is 1. The summed E-state index contributed by atoms with van der Waals surface area (Å²) in [6.07, 6.45) is 0.232. The average Bonchev–Trinajstić information content (AvgIpc) is 2.49. The molecule has 1 amide bonds. The highest BCUT2D eigenvalue weighted by Crippen LogP contribution is 2.37. The average molecular weight is 297 g/mol. The minimum atomic E-state index is -0.560. The van der Waals surface area contributed by atoms with Crippen LogP contribution in [0.1, 0.15) is 18.0 Å². The minimum Gasteiger partial charge on any atom is -0.376 e. The van der Waals surface area contributed by atoms with E-state index in [9.17, 15) is 9.18 Å². The maximum Gasteiger partial charge on any atom is 0.252 e. The zero-order valence-corrected chi connectivity index (χ0v) is 11.7. The van der Waals surface area contributed by atoms with E-state index in [1.807, 2.05) is 6.07 Å². The monoisotopic (exact) mass is 297 g/mol. The summed E-state index contributed by atoms with van der Waals surface area (Å²) in [5, 5.41) is 2.95. The molecule has 2 atom stereocenters. The molecule has 1 fully saturated rings. The van der Waals surface area contributed by atoms with Crippen LogP contribution in [0.15, 0.2) is 23.1 Å². The lowest BCUT2D eigenvalue weighted by molar-refractivity contribution is -0.148. The molecule has 4 nitrogen and oxygen atoms in total. The molecular formula is C14H16FNO3S. The highest BCUT2D eigenvalue weighted by atomic mass is 32.2. The third-order valence-electron chi connectivity index (χ3n) is 3.45. The maximum atomic E-state index is 13.8. The van der Waals surface area contributed by atoms with Gasteiger partial charge in [0.1, 0.15) is 5.82 Å².